The van der Waals surface area contributed by atoms with Gasteiger partial charge in [-0.15, -0.1) is 0 Å². The highest BCUT2D eigenvalue weighted by molar-refractivity contribution is 6.05. The summed E-state index contributed by atoms with van der Waals surface area (Å²) in [5.74, 6) is -2.04. The number of fused-ring (bicyclic) bond motifs is 3. The SMILES string of the molecule is O=C(C[C@H]1C(=O)N(C2CCCC2)c2nc3ccccc3n21)Nc1ccc(F)c(F)c1. The summed E-state index contributed by atoms with van der Waals surface area (Å²) in [5, 5.41) is 2.56. The Kier molecular flexibility index (Phi) is 4.49. The number of carbonyl (C=O) groups excluding carboxylic acids is 2. The number of rotatable bonds is 4. The van der Waals surface area contributed by atoms with Crippen LogP contribution in [0.25, 0.3) is 11.0 Å². The Bertz CT molecular complexity index is 1150. The molecule has 0 spiro atoms. The fraction of sp³-hybridized carbons (Fsp3) is 0.318. The van der Waals surface area contributed by atoms with Gasteiger partial charge < -0.3 is 5.32 Å². The van der Waals surface area contributed by atoms with E-state index in [0.29, 0.717) is 5.95 Å². The summed E-state index contributed by atoms with van der Waals surface area (Å²) < 4.78 is 28.4. The molecule has 2 aromatic carbocycles. The van der Waals surface area contributed by atoms with Crippen LogP contribution in [-0.2, 0) is 9.59 Å². The van der Waals surface area contributed by atoms with Crippen molar-refractivity contribution in [2.24, 2.45) is 0 Å². The average Bonchev–Trinajstić information content (AvgIpc) is 3.42. The second-order valence-corrected chi connectivity index (χ2v) is 7.81. The molecule has 1 aliphatic heterocycles. The van der Waals surface area contributed by atoms with Crippen molar-refractivity contribution < 1.29 is 18.4 Å². The van der Waals surface area contributed by atoms with E-state index in [1.54, 1.807) is 4.90 Å². The van der Waals surface area contributed by atoms with E-state index in [1.807, 2.05) is 28.8 Å². The van der Waals surface area contributed by atoms with E-state index in [1.165, 1.54) is 6.07 Å². The number of benzene rings is 2. The van der Waals surface area contributed by atoms with Crippen LogP contribution in [0, 0.1) is 11.6 Å². The second kappa shape index (κ2) is 7.19. The van der Waals surface area contributed by atoms with E-state index >= 15 is 0 Å². The van der Waals surface area contributed by atoms with Gasteiger partial charge >= 0.3 is 0 Å². The fourth-order valence-corrected chi connectivity index (χ4v) is 4.52. The minimum Gasteiger partial charge on any atom is -0.326 e. The molecule has 1 aliphatic carbocycles. The van der Waals surface area contributed by atoms with Gasteiger partial charge in [0.25, 0.3) is 5.91 Å². The molecular formula is C22H20F2N4O2. The first-order valence-corrected chi connectivity index (χ1v) is 10.1. The van der Waals surface area contributed by atoms with E-state index in [9.17, 15) is 18.4 Å². The number of hydrogen-bond acceptors (Lipinski definition) is 3. The average molecular weight is 410 g/mol. The van der Waals surface area contributed by atoms with Crippen LogP contribution in [0.4, 0.5) is 20.4 Å². The number of nitrogens with zero attached hydrogens (tertiary/aromatic N) is 3. The number of amides is 2. The van der Waals surface area contributed by atoms with Gasteiger partial charge in [0.15, 0.2) is 11.6 Å². The molecule has 8 heteroatoms. The first kappa shape index (κ1) is 18.7. The van der Waals surface area contributed by atoms with Gasteiger partial charge in [-0.3, -0.25) is 19.1 Å². The topological polar surface area (TPSA) is 67.2 Å². The summed E-state index contributed by atoms with van der Waals surface area (Å²) in [5.41, 5.74) is 1.72. The molecule has 1 fully saturated rings. The quantitative estimate of drug-likeness (QED) is 0.702. The number of hydrogen-bond donors (Lipinski definition) is 1. The Morgan fingerprint density at radius 2 is 1.87 bits per heavy atom. The fourth-order valence-electron chi connectivity index (χ4n) is 4.52. The first-order valence-electron chi connectivity index (χ1n) is 10.1. The molecule has 5 rings (SSSR count). The summed E-state index contributed by atoms with van der Waals surface area (Å²) >= 11 is 0. The first-order chi connectivity index (χ1) is 14.5. The monoisotopic (exact) mass is 410 g/mol. The summed E-state index contributed by atoms with van der Waals surface area (Å²) in [6.07, 6.45) is 3.85. The zero-order chi connectivity index (χ0) is 20.8. The van der Waals surface area contributed by atoms with Crippen molar-refractivity contribution >= 4 is 34.5 Å². The molecule has 30 heavy (non-hydrogen) atoms. The molecule has 1 aromatic heterocycles. The smallest absolute Gasteiger partial charge is 0.253 e. The van der Waals surface area contributed by atoms with Crippen molar-refractivity contribution in [1.29, 1.82) is 0 Å². The highest BCUT2D eigenvalue weighted by Gasteiger charge is 2.44. The summed E-state index contributed by atoms with van der Waals surface area (Å²) in [6, 6.07) is 10.1. The molecule has 2 aliphatic rings. The maximum Gasteiger partial charge on any atom is 0.253 e. The molecule has 2 amide bonds. The van der Waals surface area contributed by atoms with Crippen molar-refractivity contribution in [3.63, 3.8) is 0 Å². The van der Waals surface area contributed by atoms with Crippen LogP contribution in [0.15, 0.2) is 42.5 Å². The molecule has 3 aromatic rings. The number of carbonyl (C=O) groups is 2. The van der Waals surface area contributed by atoms with Crippen LogP contribution in [0.3, 0.4) is 0 Å². The van der Waals surface area contributed by atoms with E-state index in [4.69, 9.17) is 0 Å². The van der Waals surface area contributed by atoms with Crippen LogP contribution in [0.2, 0.25) is 0 Å². The van der Waals surface area contributed by atoms with Crippen LogP contribution in [0.1, 0.15) is 38.1 Å². The molecule has 6 nitrogen and oxygen atoms in total. The number of halogens is 2. The highest BCUT2D eigenvalue weighted by atomic mass is 19.2. The van der Waals surface area contributed by atoms with Crippen molar-refractivity contribution in [3.8, 4) is 0 Å². The molecule has 1 atom stereocenters. The molecule has 1 saturated carbocycles. The minimum absolute atomic E-state index is 0.0901. The van der Waals surface area contributed by atoms with Crippen LogP contribution >= 0.6 is 0 Å². The van der Waals surface area contributed by atoms with E-state index in [0.717, 1.165) is 48.8 Å². The summed E-state index contributed by atoms with van der Waals surface area (Å²) in [6.45, 7) is 0. The largest absolute Gasteiger partial charge is 0.326 e. The predicted molar refractivity (Wildman–Crippen MR) is 108 cm³/mol. The molecular weight excluding hydrogens is 390 g/mol. The Morgan fingerprint density at radius 3 is 2.63 bits per heavy atom. The maximum atomic E-state index is 13.5. The van der Waals surface area contributed by atoms with Crippen molar-refractivity contribution in [1.82, 2.24) is 9.55 Å². The molecule has 2 heterocycles. The number of para-hydroxylation sites is 2. The number of anilines is 2. The normalized spacial score (nSPS) is 18.9. The molecule has 154 valence electrons. The van der Waals surface area contributed by atoms with Gasteiger partial charge in [-0.25, -0.2) is 13.8 Å². The lowest BCUT2D eigenvalue weighted by molar-refractivity contribution is -0.125. The lowest BCUT2D eigenvalue weighted by Gasteiger charge is -2.22. The zero-order valence-electron chi connectivity index (χ0n) is 16.1. The van der Waals surface area contributed by atoms with E-state index < -0.39 is 23.6 Å². The Balaban J connectivity index is 1.46. The Morgan fingerprint density at radius 1 is 1.10 bits per heavy atom. The van der Waals surface area contributed by atoms with Crippen molar-refractivity contribution in [3.05, 3.63) is 54.1 Å². The van der Waals surface area contributed by atoms with Gasteiger partial charge in [0.05, 0.1) is 17.5 Å². The van der Waals surface area contributed by atoms with Gasteiger partial charge in [-0.05, 0) is 37.1 Å². The van der Waals surface area contributed by atoms with Crippen LogP contribution in [-0.4, -0.2) is 27.4 Å². The van der Waals surface area contributed by atoms with Gasteiger partial charge in [0, 0.05) is 17.8 Å². The highest BCUT2D eigenvalue weighted by Crippen LogP contribution is 2.40. The lowest BCUT2D eigenvalue weighted by atomic mass is 10.1. The van der Waals surface area contributed by atoms with Gasteiger partial charge in [-0.2, -0.15) is 0 Å². The minimum atomic E-state index is -1.04. The van der Waals surface area contributed by atoms with Gasteiger partial charge in [0.2, 0.25) is 11.9 Å². The molecule has 0 saturated heterocycles. The standard InChI is InChI=1S/C22H20F2N4O2/c23-15-10-9-13(11-16(15)24)25-20(29)12-19-21(30)27(14-5-1-2-6-14)22-26-17-7-3-4-8-18(17)28(19)22/h3-4,7-11,14,19H,1-2,5-6,12H2,(H,25,29)/t19-/m0/s1. The zero-order valence-corrected chi connectivity index (χ0v) is 16.1. The third-order valence-electron chi connectivity index (χ3n) is 5.90. The maximum absolute atomic E-state index is 13.5. The van der Waals surface area contributed by atoms with Crippen LogP contribution < -0.4 is 10.2 Å². The Labute approximate surface area is 171 Å². The summed E-state index contributed by atoms with van der Waals surface area (Å²) in [4.78, 5) is 32.4. The number of nitrogens with one attached hydrogen (secondary N) is 1. The molecule has 1 N–H and O–H groups in total. The molecule has 0 bridgehead atoms. The number of imidazole rings is 1. The number of aromatic nitrogens is 2. The molecule has 0 unspecified atom stereocenters. The Hall–Kier alpha value is -3.29. The lowest BCUT2D eigenvalue weighted by Crippen LogP contribution is -2.38. The third-order valence-corrected chi connectivity index (χ3v) is 5.90. The predicted octanol–water partition coefficient (Wildman–Crippen LogP) is 4.17. The van der Waals surface area contributed by atoms with Crippen molar-refractivity contribution in [2.75, 3.05) is 10.2 Å². The van der Waals surface area contributed by atoms with Gasteiger partial charge in [-0.1, -0.05) is 25.0 Å². The van der Waals surface area contributed by atoms with Crippen molar-refractivity contribution in [2.45, 2.75) is 44.2 Å². The summed E-state index contributed by atoms with van der Waals surface area (Å²) in [7, 11) is 0. The second-order valence-electron chi connectivity index (χ2n) is 7.81. The molecule has 0 radical (unpaired) electrons. The third kappa shape index (κ3) is 3.03. The van der Waals surface area contributed by atoms with Crippen LogP contribution in [0.5, 0.6) is 0 Å². The van der Waals surface area contributed by atoms with E-state index in [2.05, 4.69) is 10.3 Å². The van der Waals surface area contributed by atoms with E-state index in [-0.39, 0.29) is 24.1 Å². The van der Waals surface area contributed by atoms with Gasteiger partial charge in [0.1, 0.15) is 6.04 Å².